The fourth-order valence-corrected chi connectivity index (χ4v) is 7.35. The Kier molecular flexibility index (Phi) is 8.99. The number of fused-ring (bicyclic) bond motifs is 1. The zero-order valence-corrected chi connectivity index (χ0v) is 29.8. The third-order valence-corrected chi connectivity index (χ3v) is 10.0. The average Bonchev–Trinajstić information content (AvgIpc) is 3.26. The van der Waals surface area contributed by atoms with Crippen molar-refractivity contribution in [3.8, 4) is 33.4 Å². The van der Waals surface area contributed by atoms with Gasteiger partial charge in [-0.15, -0.1) is 0 Å². The van der Waals surface area contributed by atoms with Crippen molar-refractivity contribution in [1.29, 1.82) is 0 Å². The highest BCUT2D eigenvalue weighted by Gasteiger charge is 2.16. The Labute approximate surface area is 317 Å². The first kappa shape index (κ1) is 32.7. The van der Waals surface area contributed by atoms with Crippen molar-refractivity contribution < 1.29 is 0 Å². The molecule has 2 nitrogen and oxygen atoms in total. The normalized spacial score (nSPS) is 11.0. The van der Waals surface area contributed by atoms with Crippen LogP contribution in [0.5, 0.6) is 0 Å². The fraction of sp³-hybridized carbons (Fsp3) is 0. The van der Waals surface area contributed by atoms with Crippen molar-refractivity contribution >= 4 is 44.9 Å². The van der Waals surface area contributed by atoms with Gasteiger partial charge in [0.15, 0.2) is 0 Å². The maximum absolute atomic E-state index is 2.35. The van der Waals surface area contributed by atoms with Gasteiger partial charge in [-0.2, -0.15) is 0 Å². The van der Waals surface area contributed by atoms with E-state index in [1.807, 2.05) is 0 Å². The van der Waals surface area contributed by atoms with E-state index in [0.717, 1.165) is 34.1 Å². The number of benzene rings is 9. The summed E-state index contributed by atoms with van der Waals surface area (Å²) in [6.07, 6.45) is 0. The Hall–Kier alpha value is -7.16. The Morgan fingerprint density at radius 2 is 0.574 bits per heavy atom. The largest absolute Gasteiger partial charge is 0.311 e. The van der Waals surface area contributed by atoms with E-state index in [-0.39, 0.29) is 0 Å². The third kappa shape index (κ3) is 6.65. The zero-order chi connectivity index (χ0) is 36.1. The second kappa shape index (κ2) is 14.8. The number of rotatable bonds is 9. The van der Waals surface area contributed by atoms with Crippen LogP contribution in [0.3, 0.4) is 0 Å². The van der Waals surface area contributed by atoms with Gasteiger partial charge in [0.1, 0.15) is 0 Å². The van der Waals surface area contributed by atoms with Crippen molar-refractivity contribution in [2.24, 2.45) is 0 Å². The molecule has 0 radical (unpaired) electrons. The third-order valence-electron chi connectivity index (χ3n) is 10.0. The minimum absolute atomic E-state index is 1.10. The number of hydrogen-bond acceptors (Lipinski definition) is 2. The maximum Gasteiger partial charge on any atom is 0.0540 e. The van der Waals surface area contributed by atoms with Gasteiger partial charge in [-0.1, -0.05) is 158 Å². The first-order valence-corrected chi connectivity index (χ1v) is 18.4. The standard InChI is InChI=1S/C52H38N2/c1-4-14-39(15-5-1)44-18-12-19-45(38-44)42-30-34-49(35-31-42)53(46-20-6-2-7-21-46)48-32-26-40(27-33-48)41-28-36-50(37-29-41)54(47-22-8-3-9-23-47)52-25-13-17-43-16-10-11-24-51(43)52/h1-38H. The summed E-state index contributed by atoms with van der Waals surface area (Å²) in [5.74, 6) is 0. The van der Waals surface area contributed by atoms with E-state index >= 15 is 0 Å². The molecule has 0 aliphatic heterocycles. The van der Waals surface area contributed by atoms with E-state index in [0.29, 0.717) is 0 Å². The number of nitrogens with zero attached hydrogens (tertiary/aromatic N) is 2. The Morgan fingerprint density at radius 1 is 0.222 bits per heavy atom. The summed E-state index contributed by atoms with van der Waals surface area (Å²) in [4.78, 5) is 4.66. The highest BCUT2D eigenvalue weighted by Crippen LogP contribution is 2.40. The molecule has 0 N–H and O–H groups in total. The molecule has 0 heterocycles. The summed E-state index contributed by atoms with van der Waals surface area (Å²) < 4.78 is 0. The van der Waals surface area contributed by atoms with E-state index in [9.17, 15) is 0 Å². The van der Waals surface area contributed by atoms with Crippen LogP contribution >= 0.6 is 0 Å². The summed E-state index contributed by atoms with van der Waals surface area (Å²) >= 11 is 0. The molecule has 0 saturated heterocycles. The lowest BCUT2D eigenvalue weighted by Gasteiger charge is -2.27. The van der Waals surface area contributed by atoms with Crippen LogP contribution in [0.4, 0.5) is 34.1 Å². The van der Waals surface area contributed by atoms with Crippen LogP contribution in [0.25, 0.3) is 44.2 Å². The molecule has 0 aliphatic carbocycles. The van der Waals surface area contributed by atoms with E-state index in [1.54, 1.807) is 0 Å². The average molecular weight is 691 g/mol. The molecule has 0 saturated carbocycles. The van der Waals surface area contributed by atoms with Crippen molar-refractivity contribution in [2.75, 3.05) is 9.80 Å². The minimum Gasteiger partial charge on any atom is -0.311 e. The van der Waals surface area contributed by atoms with Crippen molar-refractivity contribution in [3.05, 3.63) is 231 Å². The van der Waals surface area contributed by atoms with Gasteiger partial charge in [0.2, 0.25) is 0 Å². The van der Waals surface area contributed by atoms with E-state index in [4.69, 9.17) is 0 Å². The first-order valence-electron chi connectivity index (χ1n) is 18.4. The molecule has 0 spiro atoms. The molecule has 256 valence electrons. The van der Waals surface area contributed by atoms with Crippen LogP contribution in [0.2, 0.25) is 0 Å². The van der Waals surface area contributed by atoms with Crippen molar-refractivity contribution in [3.63, 3.8) is 0 Å². The van der Waals surface area contributed by atoms with Crippen LogP contribution in [0.15, 0.2) is 231 Å². The van der Waals surface area contributed by atoms with Crippen molar-refractivity contribution in [2.45, 2.75) is 0 Å². The summed E-state index contributed by atoms with van der Waals surface area (Å²) in [5.41, 5.74) is 13.9. The summed E-state index contributed by atoms with van der Waals surface area (Å²) in [6, 6.07) is 82.3. The Balaban J connectivity index is 1.01. The molecule has 0 amide bonds. The first-order chi connectivity index (χ1) is 26.8. The Morgan fingerprint density at radius 3 is 1.13 bits per heavy atom. The van der Waals surface area contributed by atoms with Gasteiger partial charge in [-0.25, -0.2) is 0 Å². The maximum atomic E-state index is 2.35. The summed E-state index contributed by atoms with van der Waals surface area (Å²) in [6.45, 7) is 0. The lowest BCUT2D eigenvalue weighted by molar-refractivity contribution is 1.28. The van der Waals surface area contributed by atoms with Gasteiger partial charge < -0.3 is 9.80 Å². The molecule has 0 aliphatic rings. The van der Waals surface area contributed by atoms with Crippen LogP contribution in [0, 0.1) is 0 Å². The van der Waals surface area contributed by atoms with Crippen LogP contribution < -0.4 is 9.80 Å². The van der Waals surface area contributed by atoms with Gasteiger partial charge in [0, 0.05) is 33.8 Å². The second-order valence-electron chi connectivity index (χ2n) is 13.4. The van der Waals surface area contributed by atoms with Crippen LogP contribution in [0.1, 0.15) is 0 Å². The fourth-order valence-electron chi connectivity index (χ4n) is 7.35. The van der Waals surface area contributed by atoms with E-state index in [2.05, 4.69) is 240 Å². The number of para-hydroxylation sites is 2. The topological polar surface area (TPSA) is 6.48 Å². The number of anilines is 6. The molecule has 0 aromatic heterocycles. The highest BCUT2D eigenvalue weighted by molar-refractivity contribution is 5.99. The molecule has 54 heavy (non-hydrogen) atoms. The molecule has 0 unspecified atom stereocenters. The van der Waals surface area contributed by atoms with E-state index in [1.165, 1.54) is 44.2 Å². The molecule has 0 fully saturated rings. The molecule has 2 heteroatoms. The smallest absolute Gasteiger partial charge is 0.0540 e. The second-order valence-corrected chi connectivity index (χ2v) is 13.4. The van der Waals surface area contributed by atoms with E-state index < -0.39 is 0 Å². The molecule has 9 aromatic carbocycles. The molecule has 0 atom stereocenters. The van der Waals surface area contributed by atoms with Crippen LogP contribution in [-0.4, -0.2) is 0 Å². The molecule has 0 bridgehead atoms. The molecular weight excluding hydrogens is 653 g/mol. The predicted molar refractivity (Wildman–Crippen MR) is 230 cm³/mol. The SMILES string of the molecule is c1ccc(-c2cccc(-c3ccc(N(c4ccccc4)c4ccc(-c5ccc(N(c6ccccc6)c6cccc7ccccc67)cc5)cc4)cc3)c2)cc1. The predicted octanol–water partition coefficient (Wildman–Crippen LogP) is 14.8. The lowest BCUT2D eigenvalue weighted by Crippen LogP contribution is -2.10. The van der Waals surface area contributed by atoms with Gasteiger partial charge >= 0.3 is 0 Å². The molecule has 9 rings (SSSR count). The quantitative estimate of drug-likeness (QED) is 0.149. The number of hydrogen-bond donors (Lipinski definition) is 0. The summed E-state index contributed by atoms with van der Waals surface area (Å²) in [7, 11) is 0. The summed E-state index contributed by atoms with van der Waals surface area (Å²) in [5, 5.41) is 2.44. The molecule has 9 aromatic rings. The monoisotopic (exact) mass is 690 g/mol. The van der Waals surface area contributed by atoms with Gasteiger partial charge in [-0.05, 0) is 112 Å². The molecular formula is C52H38N2. The van der Waals surface area contributed by atoms with Gasteiger partial charge in [-0.3, -0.25) is 0 Å². The van der Waals surface area contributed by atoms with Crippen LogP contribution in [-0.2, 0) is 0 Å². The van der Waals surface area contributed by atoms with Gasteiger partial charge in [0.05, 0.1) is 5.69 Å². The van der Waals surface area contributed by atoms with Crippen molar-refractivity contribution in [1.82, 2.24) is 0 Å². The highest BCUT2D eigenvalue weighted by atomic mass is 15.1. The van der Waals surface area contributed by atoms with Gasteiger partial charge in [0.25, 0.3) is 0 Å². The Bertz CT molecular complexity index is 2610. The lowest BCUT2D eigenvalue weighted by atomic mass is 9.99. The minimum atomic E-state index is 1.10. The zero-order valence-electron chi connectivity index (χ0n) is 29.8.